The van der Waals surface area contributed by atoms with E-state index in [2.05, 4.69) is 15.5 Å². The van der Waals surface area contributed by atoms with Crippen molar-refractivity contribution in [3.8, 4) is 22.9 Å². The van der Waals surface area contributed by atoms with Crippen LogP contribution in [-0.4, -0.2) is 23.2 Å². The molecular formula is C23H19N3O4. The summed E-state index contributed by atoms with van der Waals surface area (Å²) in [7, 11) is 1.57. The molecular weight excluding hydrogens is 382 g/mol. The normalized spacial score (nSPS) is 10.4. The highest BCUT2D eigenvalue weighted by Gasteiger charge is 2.15. The van der Waals surface area contributed by atoms with E-state index in [1.54, 1.807) is 55.6 Å². The summed E-state index contributed by atoms with van der Waals surface area (Å²) in [5.74, 6) is 1.57. The molecule has 7 heteroatoms. The molecule has 1 aromatic heterocycles. The van der Waals surface area contributed by atoms with Gasteiger partial charge >= 0.3 is 0 Å². The molecule has 0 fully saturated rings. The molecule has 0 saturated carbocycles. The number of nitrogens with one attached hydrogen (secondary N) is 1. The van der Waals surface area contributed by atoms with E-state index >= 15 is 0 Å². The minimum absolute atomic E-state index is 0.0449. The topological polar surface area (TPSA) is 86.5 Å². The van der Waals surface area contributed by atoms with Crippen molar-refractivity contribution in [2.24, 2.45) is 0 Å². The molecule has 3 aromatic carbocycles. The lowest BCUT2D eigenvalue weighted by atomic mass is 10.2. The van der Waals surface area contributed by atoms with Crippen molar-refractivity contribution in [3.63, 3.8) is 0 Å². The first-order chi connectivity index (χ1) is 14.7. The van der Waals surface area contributed by atoms with Gasteiger partial charge < -0.3 is 19.3 Å². The Hall–Kier alpha value is -4.13. The van der Waals surface area contributed by atoms with Gasteiger partial charge in [-0.1, -0.05) is 53.7 Å². The van der Waals surface area contributed by atoms with Crippen molar-refractivity contribution >= 4 is 11.6 Å². The van der Waals surface area contributed by atoms with Gasteiger partial charge in [0, 0.05) is 17.3 Å². The highest BCUT2D eigenvalue weighted by Crippen LogP contribution is 2.23. The van der Waals surface area contributed by atoms with Crippen LogP contribution >= 0.6 is 0 Å². The van der Waals surface area contributed by atoms with Gasteiger partial charge in [0.05, 0.1) is 12.7 Å². The fraction of sp³-hybridized carbons (Fsp3) is 0.0870. The first kappa shape index (κ1) is 19.2. The summed E-state index contributed by atoms with van der Waals surface area (Å²) < 4.78 is 16.2. The van der Waals surface area contributed by atoms with E-state index in [-0.39, 0.29) is 12.5 Å². The van der Waals surface area contributed by atoms with E-state index in [4.69, 9.17) is 14.0 Å². The molecule has 0 aliphatic rings. The average Bonchev–Trinajstić information content (AvgIpc) is 3.28. The van der Waals surface area contributed by atoms with E-state index in [0.717, 1.165) is 5.56 Å². The Labute approximate surface area is 173 Å². The molecule has 0 radical (unpaired) electrons. The maximum atomic E-state index is 12.8. The van der Waals surface area contributed by atoms with Crippen LogP contribution in [0, 0.1) is 0 Å². The van der Waals surface area contributed by atoms with Crippen molar-refractivity contribution in [1.29, 1.82) is 0 Å². The molecule has 1 N–H and O–H groups in total. The van der Waals surface area contributed by atoms with Crippen molar-refractivity contribution in [3.05, 3.63) is 90.3 Å². The van der Waals surface area contributed by atoms with E-state index in [1.807, 2.05) is 30.3 Å². The number of carbonyl (C=O) groups is 1. The third-order valence-electron chi connectivity index (χ3n) is 4.31. The number of rotatable bonds is 7. The minimum Gasteiger partial charge on any atom is -0.497 e. The molecule has 0 aliphatic heterocycles. The summed E-state index contributed by atoms with van der Waals surface area (Å²) in [4.78, 5) is 17.1. The van der Waals surface area contributed by atoms with Gasteiger partial charge in [0.1, 0.15) is 11.5 Å². The number of aromatic nitrogens is 2. The lowest BCUT2D eigenvalue weighted by molar-refractivity contribution is 0.102. The number of amides is 1. The summed E-state index contributed by atoms with van der Waals surface area (Å²) in [5.41, 5.74) is 1.87. The summed E-state index contributed by atoms with van der Waals surface area (Å²) in [5, 5.41) is 6.82. The van der Waals surface area contributed by atoms with Crippen LogP contribution in [0.25, 0.3) is 11.4 Å². The number of para-hydroxylation sites is 1. The molecule has 0 bridgehead atoms. The number of benzene rings is 3. The fourth-order valence-corrected chi connectivity index (χ4v) is 2.84. The molecule has 4 aromatic rings. The number of anilines is 1. The number of ether oxygens (including phenoxy) is 2. The lowest BCUT2D eigenvalue weighted by Gasteiger charge is -2.11. The van der Waals surface area contributed by atoms with Gasteiger partial charge in [0.25, 0.3) is 11.8 Å². The van der Waals surface area contributed by atoms with Gasteiger partial charge in [-0.3, -0.25) is 4.79 Å². The first-order valence-electron chi connectivity index (χ1n) is 9.28. The van der Waals surface area contributed by atoms with Crippen LogP contribution in [0.2, 0.25) is 0 Å². The van der Waals surface area contributed by atoms with Crippen LogP contribution in [0.1, 0.15) is 16.2 Å². The van der Waals surface area contributed by atoms with Gasteiger partial charge in [-0.25, -0.2) is 0 Å². The third-order valence-corrected chi connectivity index (χ3v) is 4.31. The van der Waals surface area contributed by atoms with E-state index in [0.29, 0.717) is 34.5 Å². The third kappa shape index (κ3) is 4.47. The number of hydrogen-bond donors (Lipinski definition) is 1. The first-order valence-corrected chi connectivity index (χ1v) is 9.28. The van der Waals surface area contributed by atoms with Crippen LogP contribution in [0.5, 0.6) is 11.5 Å². The Morgan fingerprint density at radius 2 is 1.80 bits per heavy atom. The molecule has 0 unspecified atom stereocenters. The molecule has 0 aliphatic carbocycles. The van der Waals surface area contributed by atoms with E-state index in [1.165, 1.54) is 0 Å². The van der Waals surface area contributed by atoms with Crippen molar-refractivity contribution in [2.75, 3.05) is 12.4 Å². The predicted octanol–water partition coefficient (Wildman–Crippen LogP) is 4.58. The Bertz CT molecular complexity index is 1140. The van der Waals surface area contributed by atoms with Crippen molar-refractivity contribution in [1.82, 2.24) is 10.1 Å². The summed E-state index contributed by atoms with van der Waals surface area (Å²) in [6, 6.07) is 23.6. The molecule has 0 spiro atoms. The van der Waals surface area contributed by atoms with E-state index < -0.39 is 0 Å². The second-order valence-electron chi connectivity index (χ2n) is 6.35. The van der Waals surface area contributed by atoms with Crippen LogP contribution in [0.3, 0.4) is 0 Å². The average molecular weight is 401 g/mol. The van der Waals surface area contributed by atoms with Gasteiger partial charge in [-0.2, -0.15) is 4.98 Å². The van der Waals surface area contributed by atoms with Crippen LogP contribution in [0.15, 0.2) is 83.4 Å². The second-order valence-corrected chi connectivity index (χ2v) is 6.35. The summed E-state index contributed by atoms with van der Waals surface area (Å²) in [6.45, 7) is 0.0449. The van der Waals surface area contributed by atoms with Crippen molar-refractivity contribution in [2.45, 2.75) is 6.61 Å². The van der Waals surface area contributed by atoms with E-state index in [9.17, 15) is 4.79 Å². The Morgan fingerprint density at radius 3 is 2.63 bits per heavy atom. The highest BCUT2D eigenvalue weighted by molar-refractivity contribution is 6.06. The van der Waals surface area contributed by atoms with Gasteiger partial charge in [-0.15, -0.1) is 0 Å². The Morgan fingerprint density at radius 1 is 1.00 bits per heavy atom. The van der Waals surface area contributed by atoms with Gasteiger partial charge in [-0.05, 0) is 24.3 Å². The zero-order valence-corrected chi connectivity index (χ0v) is 16.2. The Balaban J connectivity index is 1.46. The summed E-state index contributed by atoms with van der Waals surface area (Å²) >= 11 is 0. The highest BCUT2D eigenvalue weighted by atomic mass is 16.5. The SMILES string of the molecule is COc1cccc(NC(=O)c2ccccc2OCc2nc(-c3ccccc3)no2)c1. The predicted molar refractivity (Wildman–Crippen MR) is 111 cm³/mol. The maximum absolute atomic E-state index is 12.8. The largest absolute Gasteiger partial charge is 0.497 e. The minimum atomic E-state index is -0.297. The smallest absolute Gasteiger partial charge is 0.264 e. The molecule has 0 saturated heterocycles. The van der Waals surface area contributed by atoms with Crippen molar-refractivity contribution < 1.29 is 18.8 Å². The number of carbonyl (C=O) groups excluding carboxylic acids is 1. The maximum Gasteiger partial charge on any atom is 0.264 e. The molecule has 1 heterocycles. The standard InChI is InChI=1S/C23H19N3O4/c1-28-18-11-7-10-17(14-18)24-23(27)19-12-5-6-13-20(19)29-15-21-25-22(26-30-21)16-8-3-2-4-9-16/h2-14H,15H2,1H3,(H,24,27). The lowest BCUT2D eigenvalue weighted by Crippen LogP contribution is -2.13. The molecule has 30 heavy (non-hydrogen) atoms. The van der Waals surface area contributed by atoms with Crippen LogP contribution in [0.4, 0.5) is 5.69 Å². The number of nitrogens with zero attached hydrogens (tertiary/aromatic N) is 2. The van der Waals surface area contributed by atoms with Crippen LogP contribution < -0.4 is 14.8 Å². The zero-order valence-electron chi connectivity index (χ0n) is 16.2. The fourth-order valence-electron chi connectivity index (χ4n) is 2.84. The molecule has 4 rings (SSSR count). The Kier molecular flexibility index (Phi) is 5.70. The molecule has 150 valence electrons. The molecule has 0 atom stereocenters. The monoisotopic (exact) mass is 401 g/mol. The number of methoxy groups -OCH3 is 1. The molecule has 7 nitrogen and oxygen atoms in total. The number of hydrogen-bond acceptors (Lipinski definition) is 6. The van der Waals surface area contributed by atoms with Gasteiger partial charge in [0.2, 0.25) is 5.82 Å². The van der Waals surface area contributed by atoms with Crippen LogP contribution in [-0.2, 0) is 6.61 Å². The summed E-state index contributed by atoms with van der Waals surface area (Å²) in [6.07, 6.45) is 0. The molecule has 1 amide bonds. The van der Waals surface area contributed by atoms with Gasteiger partial charge in [0.15, 0.2) is 6.61 Å². The quantitative estimate of drug-likeness (QED) is 0.488. The zero-order chi connectivity index (χ0) is 20.8. The second kappa shape index (κ2) is 8.91.